The van der Waals surface area contributed by atoms with Gasteiger partial charge in [-0.15, -0.1) is 11.6 Å². The summed E-state index contributed by atoms with van der Waals surface area (Å²) in [4.78, 5) is 0. The van der Waals surface area contributed by atoms with Gasteiger partial charge in [-0.25, -0.2) is 12.8 Å². The molecular formula is C11H14ClFO2S. The molecule has 0 N–H and O–H groups in total. The summed E-state index contributed by atoms with van der Waals surface area (Å²) in [5.41, 5.74) is 0.830. The van der Waals surface area contributed by atoms with Crippen molar-refractivity contribution in [1.29, 1.82) is 0 Å². The molecule has 16 heavy (non-hydrogen) atoms. The van der Waals surface area contributed by atoms with E-state index in [0.717, 1.165) is 11.8 Å². The third kappa shape index (κ3) is 3.76. The molecular weight excluding hydrogens is 251 g/mol. The van der Waals surface area contributed by atoms with Gasteiger partial charge < -0.3 is 0 Å². The molecule has 0 saturated heterocycles. The fourth-order valence-electron chi connectivity index (χ4n) is 1.28. The summed E-state index contributed by atoms with van der Waals surface area (Å²) in [6.45, 7) is 1.58. The Morgan fingerprint density at radius 2 is 1.81 bits per heavy atom. The first-order chi connectivity index (χ1) is 7.30. The van der Waals surface area contributed by atoms with E-state index in [1.54, 1.807) is 19.1 Å². The highest BCUT2D eigenvalue weighted by Gasteiger charge is 2.24. The van der Waals surface area contributed by atoms with Crippen molar-refractivity contribution in [3.63, 3.8) is 0 Å². The Hall–Kier alpha value is -0.610. The fraction of sp³-hybridized carbons (Fsp3) is 0.455. The molecule has 0 fully saturated rings. The fourth-order valence-corrected chi connectivity index (χ4v) is 2.65. The molecule has 1 aromatic rings. The Morgan fingerprint density at radius 1 is 1.31 bits per heavy atom. The Labute approximate surface area is 100 Å². The van der Waals surface area contributed by atoms with Crippen molar-refractivity contribution in [2.45, 2.75) is 24.0 Å². The predicted molar refractivity (Wildman–Crippen MR) is 64.1 cm³/mol. The Bertz CT molecular complexity index is 442. The lowest BCUT2D eigenvalue weighted by Crippen LogP contribution is -2.28. The van der Waals surface area contributed by atoms with Gasteiger partial charge in [0.25, 0.3) is 0 Å². The van der Waals surface area contributed by atoms with Gasteiger partial charge in [-0.05, 0) is 31.0 Å². The van der Waals surface area contributed by atoms with Crippen LogP contribution in [0.25, 0.3) is 0 Å². The van der Waals surface area contributed by atoms with E-state index in [0.29, 0.717) is 6.42 Å². The van der Waals surface area contributed by atoms with Gasteiger partial charge in [0.05, 0.1) is 10.6 Å². The molecule has 0 aliphatic carbocycles. The first-order valence-electron chi connectivity index (χ1n) is 4.88. The molecule has 2 atom stereocenters. The number of sulfone groups is 1. The van der Waals surface area contributed by atoms with Gasteiger partial charge in [-0.3, -0.25) is 0 Å². The lowest BCUT2D eigenvalue weighted by atomic mass is 10.1. The summed E-state index contributed by atoms with van der Waals surface area (Å²) in [5.74, 6) is -0.314. The van der Waals surface area contributed by atoms with E-state index in [9.17, 15) is 12.8 Å². The molecule has 0 radical (unpaired) electrons. The molecule has 0 aromatic heterocycles. The van der Waals surface area contributed by atoms with E-state index in [2.05, 4.69) is 0 Å². The van der Waals surface area contributed by atoms with Gasteiger partial charge in [0.2, 0.25) is 0 Å². The number of rotatable bonds is 4. The number of hydrogen-bond acceptors (Lipinski definition) is 2. The summed E-state index contributed by atoms with van der Waals surface area (Å²) in [6.07, 6.45) is 1.58. The minimum Gasteiger partial charge on any atom is -0.229 e. The average molecular weight is 265 g/mol. The van der Waals surface area contributed by atoms with Crippen LogP contribution in [0.1, 0.15) is 12.5 Å². The standard InChI is InChI=1S/C11H14ClFO2S/c1-8(16(2,14)15)11(12)7-9-3-5-10(13)6-4-9/h3-6,8,11H,7H2,1-2H3. The summed E-state index contributed by atoms with van der Waals surface area (Å²) < 4.78 is 35.2. The maximum absolute atomic E-state index is 12.6. The van der Waals surface area contributed by atoms with Crippen LogP contribution in [0.5, 0.6) is 0 Å². The number of halogens is 2. The molecule has 1 rings (SSSR count). The van der Waals surface area contributed by atoms with Crippen LogP contribution < -0.4 is 0 Å². The van der Waals surface area contributed by atoms with Crippen LogP contribution in [0.2, 0.25) is 0 Å². The summed E-state index contributed by atoms with van der Waals surface area (Å²) >= 11 is 6.02. The van der Waals surface area contributed by atoms with Crippen molar-refractivity contribution in [1.82, 2.24) is 0 Å². The molecule has 1 aromatic carbocycles. The third-order valence-electron chi connectivity index (χ3n) is 2.53. The lowest BCUT2D eigenvalue weighted by Gasteiger charge is -2.16. The van der Waals surface area contributed by atoms with Crippen LogP contribution in [0.4, 0.5) is 4.39 Å². The first kappa shape index (κ1) is 13.5. The van der Waals surface area contributed by atoms with E-state index >= 15 is 0 Å². The molecule has 2 nitrogen and oxygen atoms in total. The molecule has 0 aliphatic heterocycles. The van der Waals surface area contributed by atoms with Gasteiger partial charge in [0.1, 0.15) is 5.82 Å². The predicted octanol–water partition coefficient (Wildman–Crippen LogP) is 2.41. The van der Waals surface area contributed by atoms with E-state index in [1.165, 1.54) is 12.1 Å². The second-order valence-electron chi connectivity index (χ2n) is 3.88. The molecule has 90 valence electrons. The van der Waals surface area contributed by atoms with E-state index in [-0.39, 0.29) is 5.82 Å². The minimum atomic E-state index is -3.14. The number of alkyl halides is 1. The zero-order valence-corrected chi connectivity index (χ0v) is 10.7. The maximum Gasteiger partial charge on any atom is 0.151 e. The molecule has 0 bridgehead atoms. The molecule has 0 heterocycles. The smallest absolute Gasteiger partial charge is 0.151 e. The largest absolute Gasteiger partial charge is 0.229 e. The third-order valence-corrected chi connectivity index (χ3v) is 4.89. The van der Waals surface area contributed by atoms with E-state index in [1.807, 2.05) is 0 Å². The van der Waals surface area contributed by atoms with Crippen molar-refractivity contribution < 1.29 is 12.8 Å². The van der Waals surface area contributed by atoms with Crippen molar-refractivity contribution >= 4 is 21.4 Å². The SMILES string of the molecule is CC(C(Cl)Cc1ccc(F)cc1)S(C)(=O)=O. The van der Waals surface area contributed by atoms with Gasteiger partial charge >= 0.3 is 0 Å². The van der Waals surface area contributed by atoms with Crippen molar-refractivity contribution in [3.8, 4) is 0 Å². The minimum absolute atomic E-state index is 0.314. The van der Waals surface area contributed by atoms with E-state index < -0.39 is 20.5 Å². The quantitative estimate of drug-likeness (QED) is 0.783. The molecule has 0 amide bonds. The zero-order chi connectivity index (χ0) is 12.3. The van der Waals surface area contributed by atoms with Crippen LogP contribution >= 0.6 is 11.6 Å². The second-order valence-corrected chi connectivity index (χ2v) is 6.84. The van der Waals surface area contributed by atoms with Crippen LogP contribution in [-0.2, 0) is 16.3 Å². The lowest BCUT2D eigenvalue weighted by molar-refractivity contribution is 0.584. The second kappa shape index (κ2) is 5.15. The highest BCUT2D eigenvalue weighted by Crippen LogP contribution is 2.16. The summed E-state index contributed by atoms with van der Waals surface area (Å²) in [6, 6.07) is 5.90. The molecule has 0 saturated carbocycles. The van der Waals surface area contributed by atoms with E-state index in [4.69, 9.17) is 11.6 Å². The molecule has 2 unspecified atom stereocenters. The normalized spacial score (nSPS) is 15.8. The number of benzene rings is 1. The monoisotopic (exact) mass is 264 g/mol. The number of hydrogen-bond donors (Lipinski definition) is 0. The Morgan fingerprint density at radius 3 is 2.25 bits per heavy atom. The van der Waals surface area contributed by atoms with Crippen molar-refractivity contribution in [2.75, 3.05) is 6.26 Å². The molecule has 0 spiro atoms. The first-order valence-corrected chi connectivity index (χ1v) is 7.27. The average Bonchev–Trinajstić information content (AvgIpc) is 2.19. The highest BCUT2D eigenvalue weighted by molar-refractivity contribution is 7.91. The molecule has 5 heteroatoms. The summed E-state index contributed by atoms with van der Waals surface area (Å²) in [5, 5.41) is -1.11. The van der Waals surface area contributed by atoms with Gasteiger partial charge in [-0.2, -0.15) is 0 Å². The topological polar surface area (TPSA) is 34.1 Å². The van der Waals surface area contributed by atoms with Gasteiger partial charge in [0, 0.05) is 6.26 Å². The Kier molecular flexibility index (Phi) is 4.33. The van der Waals surface area contributed by atoms with Crippen LogP contribution in [-0.4, -0.2) is 25.3 Å². The highest BCUT2D eigenvalue weighted by atomic mass is 35.5. The molecule has 0 aliphatic rings. The maximum atomic E-state index is 12.6. The van der Waals surface area contributed by atoms with Crippen LogP contribution in [0.3, 0.4) is 0 Å². The van der Waals surface area contributed by atoms with Crippen LogP contribution in [0, 0.1) is 5.82 Å². The van der Waals surface area contributed by atoms with Crippen molar-refractivity contribution in [2.24, 2.45) is 0 Å². The van der Waals surface area contributed by atoms with Crippen molar-refractivity contribution in [3.05, 3.63) is 35.6 Å². The Balaban J connectivity index is 2.71. The van der Waals surface area contributed by atoms with Crippen LogP contribution in [0.15, 0.2) is 24.3 Å². The van der Waals surface area contributed by atoms with Gasteiger partial charge in [0.15, 0.2) is 9.84 Å². The van der Waals surface area contributed by atoms with Gasteiger partial charge in [-0.1, -0.05) is 12.1 Å². The summed E-state index contributed by atoms with van der Waals surface area (Å²) in [7, 11) is -3.14. The zero-order valence-electron chi connectivity index (χ0n) is 9.15.